The fourth-order valence-electron chi connectivity index (χ4n) is 2.68. The molecule has 0 radical (unpaired) electrons. The molecule has 1 atom stereocenters. The maximum atomic E-state index is 12.7. The molecule has 158 valence electrons. The van der Waals surface area contributed by atoms with Gasteiger partial charge in [-0.2, -0.15) is 8.42 Å². The zero-order valence-corrected chi connectivity index (χ0v) is 18.9. The summed E-state index contributed by atoms with van der Waals surface area (Å²) in [5, 5.41) is 0.335. The zero-order chi connectivity index (χ0) is 21.8. The highest BCUT2D eigenvalue weighted by Gasteiger charge is 2.22. The van der Waals surface area contributed by atoms with Crippen LogP contribution in [0.1, 0.15) is 32.8 Å². The molecule has 0 heterocycles. The van der Waals surface area contributed by atoms with Crippen LogP contribution in [0.2, 0.25) is 10.0 Å². The monoisotopic (exact) mass is 459 g/mol. The van der Waals surface area contributed by atoms with Crippen LogP contribution in [0, 0.1) is 0 Å². The first-order valence-electron chi connectivity index (χ1n) is 8.92. The van der Waals surface area contributed by atoms with Crippen molar-refractivity contribution in [1.82, 2.24) is 4.90 Å². The Balaban J connectivity index is 2.37. The van der Waals surface area contributed by atoms with Crippen molar-refractivity contribution in [3.05, 3.63) is 52.0 Å². The van der Waals surface area contributed by atoms with E-state index in [0.29, 0.717) is 12.1 Å². The van der Waals surface area contributed by atoms with Gasteiger partial charge in [-0.05, 0) is 49.2 Å². The van der Waals surface area contributed by atoms with Crippen molar-refractivity contribution in [2.75, 3.05) is 7.11 Å². The first-order valence-corrected chi connectivity index (χ1v) is 11.1. The van der Waals surface area contributed by atoms with E-state index in [1.54, 1.807) is 23.1 Å². The van der Waals surface area contributed by atoms with Crippen molar-refractivity contribution in [3.63, 3.8) is 0 Å². The summed E-state index contributed by atoms with van der Waals surface area (Å²) >= 11 is 11.8. The lowest BCUT2D eigenvalue weighted by atomic mass is 10.1. The largest absolute Gasteiger partial charge is 0.493 e. The van der Waals surface area contributed by atoms with Crippen molar-refractivity contribution < 1.29 is 22.1 Å². The Morgan fingerprint density at radius 3 is 2.34 bits per heavy atom. The van der Waals surface area contributed by atoms with E-state index in [1.807, 2.05) is 13.8 Å². The molecule has 0 N–H and O–H groups in total. The van der Waals surface area contributed by atoms with Gasteiger partial charge < -0.3 is 13.8 Å². The van der Waals surface area contributed by atoms with Crippen molar-refractivity contribution in [3.8, 4) is 11.5 Å². The number of nitrogens with zero attached hydrogens (tertiary/aromatic N) is 1. The molecule has 0 bridgehead atoms. The summed E-state index contributed by atoms with van der Waals surface area (Å²) in [6.45, 7) is 5.77. The van der Waals surface area contributed by atoms with Crippen molar-refractivity contribution in [2.24, 2.45) is 0 Å². The van der Waals surface area contributed by atoms with E-state index in [9.17, 15) is 13.2 Å². The van der Waals surface area contributed by atoms with Crippen LogP contribution in [0.4, 0.5) is 0 Å². The fraction of sp³-hybridized carbons (Fsp3) is 0.350. The standard InChI is InChI=1S/C20H23Cl2NO5S/c1-5-13(2)23(14(3)24)12-15-6-9-19(27-4)20(10-15)28-29(25,26)16-7-8-17(21)18(22)11-16/h6-11,13H,5,12H2,1-4H3. The first-order chi connectivity index (χ1) is 13.6. The Morgan fingerprint density at radius 1 is 1.10 bits per heavy atom. The Bertz CT molecular complexity index is 994. The molecule has 0 aliphatic heterocycles. The second-order valence-electron chi connectivity index (χ2n) is 6.50. The lowest BCUT2D eigenvalue weighted by Gasteiger charge is -2.27. The molecule has 1 unspecified atom stereocenters. The molecule has 0 saturated heterocycles. The van der Waals surface area contributed by atoms with Gasteiger partial charge in [0.05, 0.1) is 17.2 Å². The lowest BCUT2D eigenvalue weighted by Crippen LogP contribution is -2.36. The van der Waals surface area contributed by atoms with Crippen molar-refractivity contribution in [2.45, 2.75) is 44.7 Å². The summed E-state index contributed by atoms with van der Waals surface area (Å²) < 4.78 is 35.9. The van der Waals surface area contributed by atoms with Gasteiger partial charge >= 0.3 is 10.1 Å². The summed E-state index contributed by atoms with van der Waals surface area (Å²) in [6, 6.07) is 8.85. The first kappa shape index (κ1) is 23.3. The normalized spacial score (nSPS) is 12.3. The number of rotatable bonds is 8. The Morgan fingerprint density at radius 2 is 1.79 bits per heavy atom. The van der Waals surface area contributed by atoms with Crippen LogP contribution in [0.25, 0.3) is 0 Å². The maximum Gasteiger partial charge on any atom is 0.339 e. The van der Waals surface area contributed by atoms with Crippen LogP contribution in [0.5, 0.6) is 11.5 Å². The molecule has 29 heavy (non-hydrogen) atoms. The highest BCUT2D eigenvalue weighted by molar-refractivity contribution is 7.87. The predicted molar refractivity (Wildman–Crippen MR) is 113 cm³/mol. The molecule has 0 aromatic heterocycles. The molecular weight excluding hydrogens is 437 g/mol. The number of hydrogen-bond donors (Lipinski definition) is 0. The molecule has 0 saturated carbocycles. The third-order valence-electron chi connectivity index (χ3n) is 4.49. The van der Waals surface area contributed by atoms with Crippen LogP contribution in [0.15, 0.2) is 41.3 Å². The van der Waals surface area contributed by atoms with E-state index in [1.165, 1.54) is 32.2 Å². The maximum absolute atomic E-state index is 12.7. The van der Waals surface area contributed by atoms with E-state index < -0.39 is 10.1 Å². The number of methoxy groups -OCH3 is 1. The van der Waals surface area contributed by atoms with Crippen LogP contribution < -0.4 is 8.92 Å². The van der Waals surface area contributed by atoms with E-state index in [2.05, 4.69) is 0 Å². The van der Waals surface area contributed by atoms with Gasteiger partial charge in [0.2, 0.25) is 5.91 Å². The lowest BCUT2D eigenvalue weighted by molar-refractivity contribution is -0.131. The highest BCUT2D eigenvalue weighted by atomic mass is 35.5. The molecule has 0 spiro atoms. The smallest absolute Gasteiger partial charge is 0.339 e. The average molecular weight is 460 g/mol. The number of amides is 1. The van der Waals surface area contributed by atoms with Crippen LogP contribution >= 0.6 is 23.2 Å². The molecule has 6 nitrogen and oxygen atoms in total. The van der Waals surface area contributed by atoms with E-state index in [4.69, 9.17) is 32.1 Å². The number of ether oxygens (including phenoxy) is 1. The highest BCUT2D eigenvalue weighted by Crippen LogP contribution is 2.33. The van der Waals surface area contributed by atoms with Crippen LogP contribution in [-0.4, -0.2) is 32.4 Å². The van der Waals surface area contributed by atoms with Gasteiger partial charge in [0, 0.05) is 19.5 Å². The zero-order valence-electron chi connectivity index (χ0n) is 16.6. The Kier molecular flexibility index (Phi) is 7.80. The third kappa shape index (κ3) is 5.78. The molecule has 2 rings (SSSR count). The summed E-state index contributed by atoms with van der Waals surface area (Å²) in [6.07, 6.45) is 0.796. The summed E-state index contributed by atoms with van der Waals surface area (Å²) in [4.78, 5) is 13.6. The van der Waals surface area contributed by atoms with E-state index >= 15 is 0 Å². The molecule has 2 aromatic carbocycles. The Hall–Kier alpha value is -1.96. The number of halogens is 2. The SMILES string of the molecule is CCC(C)N(Cc1ccc(OC)c(OS(=O)(=O)c2ccc(Cl)c(Cl)c2)c1)C(C)=O. The van der Waals surface area contributed by atoms with Crippen LogP contribution in [0.3, 0.4) is 0 Å². The van der Waals surface area contributed by atoms with Gasteiger partial charge in [-0.15, -0.1) is 0 Å². The van der Waals surface area contributed by atoms with Gasteiger partial charge in [0.25, 0.3) is 0 Å². The minimum absolute atomic E-state index is 0.0173. The molecule has 2 aromatic rings. The van der Waals surface area contributed by atoms with Gasteiger partial charge in [0.1, 0.15) is 4.90 Å². The third-order valence-corrected chi connectivity index (χ3v) is 6.46. The molecule has 0 fully saturated rings. The molecular formula is C20H23Cl2NO5S. The second-order valence-corrected chi connectivity index (χ2v) is 8.86. The van der Waals surface area contributed by atoms with Gasteiger partial charge in [-0.25, -0.2) is 0 Å². The van der Waals surface area contributed by atoms with E-state index in [-0.39, 0.29) is 38.4 Å². The minimum atomic E-state index is -4.17. The van der Waals surface area contributed by atoms with Crippen molar-refractivity contribution in [1.29, 1.82) is 0 Å². The van der Waals surface area contributed by atoms with Gasteiger partial charge in [0.15, 0.2) is 11.5 Å². The van der Waals surface area contributed by atoms with Gasteiger partial charge in [-0.3, -0.25) is 4.79 Å². The fourth-order valence-corrected chi connectivity index (χ4v) is 4.00. The summed E-state index contributed by atoms with van der Waals surface area (Å²) in [5.74, 6) is 0.195. The van der Waals surface area contributed by atoms with E-state index in [0.717, 1.165) is 6.42 Å². The summed E-state index contributed by atoms with van der Waals surface area (Å²) in [7, 11) is -2.76. The quantitative estimate of drug-likeness (QED) is 0.523. The molecule has 0 aliphatic rings. The number of carbonyl (C=O) groups excluding carboxylic acids is 1. The second kappa shape index (κ2) is 9.69. The topological polar surface area (TPSA) is 72.9 Å². The molecule has 0 aliphatic carbocycles. The molecule has 1 amide bonds. The van der Waals surface area contributed by atoms with Crippen molar-refractivity contribution >= 4 is 39.2 Å². The number of hydrogen-bond acceptors (Lipinski definition) is 5. The number of carbonyl (C=O) groups is 1. The Labute approximate surface area is 181 Å². The van der Waals surface area contributed by atoms with Crippen LogP contribution in [-0.2, 0) is 21.5 Å². The number of benzene rings is 2. The predicted octanol–water partition coefficient (Wildman–Crippen LogP) is 4.92. The summed E-state index contributed by atoms with van der Waals surface area (Å²) in [5.41, 5.74) is 0.709. The molecule has 9 heteroatoms. The average Bonchev–Trinajstić information content (AvgIpc) is 2.67. The minimum Gasteiger partial charge on any atom is -0.493 e. The van der Waals surface area contributed by atoms with Gasteiger partial charge in [-0.1, -0.05) is 36.2 Å².